The summed E-state index contributed by atoms with van der Waals surface area (Å²) in [5.41, 5.74) is 4.90. The maximum Gasteiger partial charge on any atom is 0.146 e. The Bertz CT molecular complexity index is 486. The first-order valence-electron chi connectivity index (χ1n) is 5.18. The van der Waals surface area contributed by atoms with Crippen molar-refractivity contribution < 1.29 is 4.79 Å². The molecule has 82 valence electrons. The first kappa shape index (κ1) is 10.7. The summed E-state index contributed by atoms with van der Waals surface area (Å²) in [6, 6.07) is 6.35. The number of nitrogens with zero attached hydrogens (tertiary/aromatic N) is 1. The Morgan fingerprint density at radius 1 is 1.50 bits per heavy atom. The SMILES string of the molecule is O=CC1=Cc2cccc3c2[C@@H](C1)CN3SI. The summed E-state index contributed by atoms with van der Waals surface area (Å²) in [5.74, 6) is 0.499. The fourth-order valence-electron chi connectivity index (χ4n) is 2.61. The van der Waals surface area contributed by atoms with Crippen LogP contribution in [0.15, 0.2) is 23.8 Å². The second kappa shape index (κ2) is 4.07. The molecule has 3 rings (SSSR count). The number of carbonyl (C=O) groups is 1. The van der Waals surface area contributed by atoms with Gasteiger partial charge in [-0.05, 0) is 35.3 Å². The molecule has 4 heteroatoms. The average Bonchev–Trinajstić information content (AvgIpc) is 2.69. The summed E-state index contributed by atoms with van der Waals surface area (Å²) in [6.07, 6.45) is 3.92. The van der Waals surface area contributed by atoms with E-state index in [1.807, 2.05) is 6.08 Å². The van der Waals surface area contributed by atoms with E-state index in [9.17, 15) is 4.79 Å². The molecule has 0 spiro atoms. The van der Waals surface area contributed by atoms with Gasteiger partial charge < -0.3 is 4.31 Å². The number of allylic oxidation sites excluding steroid dienone is 1. The molecule has 1 aromatic carbocycles. The molecule has 0 unspecified atom stereocenters. The smallest absolute Gasteiger partial charge is 0.146 e. The van der Waals surface area contributed by atoms with Crippen molar-refractivity contribution in [2.45, 2.75) is 12.3 Å². The van der Waals surface area contributed by atoms with E-state index >= 15 is 0 Å². The minimum absolute atomic E-state index is 0.499. The third-order valence-corrected chi connectivity index (χ3v) is 5.18. The summed E-state index contributed by atoms with van der Waals surface area (Å²) >= 11 is 2.32. The van der Waals surface area contributed by atoms with Crippen molar-refractivity contribution in [3.63, 3.8) is 0 Å². The summed E-state index contributed by atoms with van der Waals surface area (Å²) < 4.78 is 2.31. The molecule has 0 amide bonds. The van der Waals surface area contributed by atoms with Gasteiger partial charge in [-0.1, -0.05) is 12.1 Å². The molecule has 1 aliphatic heterocycles. The van der Waals surface area contributed by atoms with Crippen LogP contribution in [-0.2, 0) is 4.79 Å². The zero-order valence-corrected chi connectivity index (χ0v) is 11.5. The Kier molecular flexibility index (Phi) is 2.71. The lowest BCUT2D eigenvalue weighted by Crippen LogP contribution is -2.12. The number of benzene rings is 1. The maximum absolute atomic E-state index is 10.9. The van der Waals surface area contributed by atoms with Gasteiger partial charge in [0, 0.05) is 42.8 Å². The van der Waals surface area contributed by atoms with Crippen LogP contribution in [0.2, 0.25) is 0 Å². The Labute approximate surface area is 111 Å². The van der Waals surface area contributed by atoms with E-state index in [1.54, 1.807) is 9.12 Å². The molecule has 1 heterocycles. The molecule has 2 nitrogen and oxygen atoms in total. The Morgan fingerprint density at radius 3 is 3.12 bits per heavy atom. The third-order valence-electron chi connectivity index (χ3n) is 3.24. The molecule has 0 aromatic heterocycles. The monoisotopic (exact) mass is 343 g/mol. The summed E-state index contributed by atoms with van der Waals surface area (Å²) in [6.45, 7) is 1.02. The number of carbonyl (C=O) groups excluding carboxylic acids is 1. The lowest BCUT2D eigenvalue weighted by molar-refractivity contribution is -0.105. The van der Waals surface area contributed by atoms with Crippen LogP contribution in [0.25, 0.3) is 6.08 Å². The summed E-state index contributed by atoms with van der Waals surface area (Å²) in [7, 11) is 1.73. The number of hydrogen-bond donors (Lipinski definition) is 0. The van der Waals surface area contributed by atoms with Gasteiger partial charge in [-0.15, -0.1) is 0 Å². The molecule has 0 saturated heterocycles. The molecule has 0 fully saturated rings. The first-order chi connectivity index (χ1) is 7.83. The van der Waals surface area contributed by atoms with Gasteiger partial charge in [0.15, 0.2) is 0 Å². The fourth-order valence-corrected chi connectivity index (χ4v) is 4.19. The fraction of sp³-hybridized carbons (Fsp3) is 0.250. The highest BCUT2D eigenvalue weighted by Gasteiger charge is 2.33. The molecule has 0 radical (unpaired) electrons. The highest BCUT2D eigenvalue weighted by atomic mass is 127. The predicted molar refractivity (Wildman–Crippen MR) is 76.8 cm³/mol. The van der Waals surface area contributed by atoms with Crippen molar-refractivity contribution in [1.82, 2.24) is 0 Å². The Balaban J connectivity index is 2.16. The molecule has 1 aliphatic carbocycles. The lowest BCUT2D eigenvalue weighted by Gasteiger charge is -2.17. The van der Waals surface area contributed by atoms with Crippen LogP contribution >= 0.6 is 30.3 Å². The van der Waals surface area contributed by atoms with Gasteiger partial charge >= 0.3 is 0 Å². The average molecular weight is 343 g/mol. The Morgan fingerprint density at radius 2 is 2.38 bits per heavy atom. The van der Waals surface area contributed by atoms with Crippen molar-refractivity contribution >= 4 is 48.4 Å². The zero-order valence-electron chi connectivity index (χ0n) is 8.52. The molecular formula is C12H10INOS. The van der Waals surface area contributed by atoms with Crippen LogP contribution in [0, 0.1) is 0 Å². The second-order valence-electron chi connectivity index (χ2n) is 4.15. The first-order valence-corrected chi connectivity index (χ1v) is 8.50. The highest BCUT2D eigenvalue weighted by molar-refractivity contribution is 14.2. The van der Waals surface area contributed by atoms with Gasteiger partial charge in [0.1, 0.15) is 6.29 Å². The number of rotatable bonds is 2. The standard InChI is InChI=1S/C12H10INOS/c13-16-14-6-10-5-8(7-15)4-9-2-1-3-11(14)12(9)10/h1-4,7,10H,5-6H2/t10-/m0/s1. The molecular weight excluding hydrogens is 333 g/mol. The van der Waals surface area contributed by atoms with Crippen LogP contribution in [0.5, 0.6) is 0 Å². The van der Waals surface area contributed by atoms with E-state index in [0.29, 0.717) is 5.92 Å². The number of halogens is 1. The normalized spacial score (nSPS) is 21.7. The van der Waals surface area contributed by atoms with Crippen LogP contribution < -0.4 is 4.31 Å². The molecule has 1 aromatic rings. The third kappa shape index (κ3) is 1.50. The molecule has 0 saturated carbocycles. The van der Waals surface area contributed by atoms with Crippen molar-refractivity contribution in [1.29, 1.82) is 0 Å². The van der Waals surface area contributed by atoms with E-state index in [-0.39, 0.29) is 0 Å². The zero-order chi connectivity index (χ0) is 11.1. The summed E-state index contributed by atoms with van der Waals surface area (Å²) in [5, 5.41) is 0. The molecule has 16 heavy (non-hydrogen) atoms. The molecule has 0 bridgehead atoms. The number of aldehydes is 1. The molecule has 2 aliphatic rings. The van der Waals surface area contributed by atoms with E-state index in [2.05, 4.69) is 43.7 Å². The quantitative estimate of drug-likeness (QED) is 0.465. The minimum Gasteiger partial charge on any atom is -0.307 e. The van der Waals surface area contributed by atoms with E-state index < -0.39 is 0 Å². The van der Waals surface area contributed by atoms with E-state index in [1.165, 1.54) is 16.8 Å². The van der Waals surface area contributed by atoms with Crippen molar-refractivity contribution in [2.24, 2.45) is 0 Å². The van der Waals surface area contributed by atoms with Crippen molar-refractivity contribution in [3.05, 3.63) is 34.9 Å². The van der Waals surface area contributed by atoms with Crippen LogP contribution in [0.4, 0.5) is 5.69 Å². The lowest BCUT2D eigenvalue weighted by atomic mass is 9.85. The van der Waals surface area contributed by atoms with E-state index in [0.717, 1.165) is 24.8 Å². The predicted octanol–water partition coefficient (Wildman–Crippen LogP) is 3.57. The second-order valence-corrected chi connectivity index (χ2v) is 5.91. The largest absolute Gasteiger partial charge is 0.307 e. The topological polar surface area (TPSA) is 20.3 Å². The van der Waals surface area contributed by atoms with Gasteiger partial charge in [0.05, 0.1) is 5.69 Å². The van der Waals surface area contributed by atoms with Gasteiger partial charge in [-0.25, -0.2) is 0 Å². The van der Waals surface area contributed by atoms with E-state index in [4.69, 9.17) is 0 Å². The number of anilines is 1. The Hall–Kier alpha value is -0.490. The van der Waals surface area contributed by atoms with Gasteiger partial charge in [-0.3, -0.25) is 4.79 Å². The number of hydrogen-bond acceptors (Lipinski definition) is 3. The van der Waals surface area contributed by atoms with Gasteiger partial charge in [0.2, 0.25) is 0 Å². The van der Waals surface area contributed by atoms with Crippen LogP contribution in [0.3, 0.4) is 0 Å². The molecule has 0 N–H and O–H groups in total. The van der Waals surface area contributed by atoms with Crippen molar-refractivity contribution in [2.75, 3.05) is 10.8 Å². The minimum atomic E-state index is 0.499. The molecule has 1 atom stereocenters. The van der Waals surface area contributed by atoms with Crippen molar-refractivity contribution in [3.8, 4) is 0 Å². The van der Waals surface area contributed by atoms with Gasteiger partial charge in [0.25, 0.3) is 0 Å². The van der Waals surface area contributed by atoms with Crippen LogP contribution in [0.1, 0.15) is 23.5 Å². The van der Waals surface area contributed by atoms with Gasteiger partial charge in [-0.2, -0.15) is 0 Å². The summed E-state index contributed by atoms with van der Waals surface area (Å²) in [4.78, 5) is 10.9. The van der Waals surface area contributed by atoms with Crippen LogP contribution in [-0.4, -0.2) is 12.8 Å². The maximum atomic E-state index is 10.9. The highest BCUT2D eigenvalue weighted by Crippen LogP contribution is 2.48.